The fourth-order valence-corrected chi connectivity index (χ4v) is 3.17. The molecule has 120 valence electrons. The van der Waals surface area contributed by atoms with Gasteiger partial charge < -0.3 is 8.98 Å². The molecule has 0 aliphatic carbocycles. The van der Waals surface area contributed by atoms with E-state index in [0.29, 0.717) is 10.7 Å². The van der Waals surface area contributed by atoms with Crippen LogP contribution in [0.3, 0.4) is 0 Å². The van der Waals surface area contributed by atoms with Gasteiger partial charge in [-0.3, -0.25) is 0 Å². The standard InChI is InChI=1S/C17H16F2N2OS/c1-11(2)9-21-15(16-4-3-7-22-16)10-23-17(21)20-14-6-5-12(18)8-13(14)19/h3-8,10-11H,9H2,1-2H3. The predicted molar refractivity (Wildman–Crippen MR) is 86.4 cm³/mol. The molecular weight excluding hydrogens is 318 g/mol. The van der Waals surface area contributed by atoms with Crippen molar-refractivity contribution in [1.82, 2.24) is 4.57 Å². The summed E-state index contributed by atoms with van der Waals surface area (Å²) in [6, 6.07) is 7.09. The van der Waals surface area contributed by atoms with Crippen LogP contribution < -0.4 is 4.80 Å². The Morgan fingerprint density at radius 2 is 2.09 bits per heavy atom. The lowest BCUT2D eigenvalue weighted by molar-refractivity contribution is 0.507. The molecule has 0 radical (unpaired) electrons. The smallest absolute Gasteiger partial charge is 0.190 e. The third kappa shape index (κ3) is 3.42. The van der Waals surface area contributed by atoms with Crippen molar-refractivity contribution in [3.8, 4) is 11.5 Å². The highest BCUT2D eigenvalue weighted by Crippen LogP contribution is 2.23. The maximum absolute atomic E-state index is 13.9. The Kier molecular flexibility index (Phi) is 4.43. The van der Waals surface area contributed by atoms with Gasteiger partial charge in [-0.2, -0.15) is 0 Å². The predicted octanol–water partition coefficient (Wildman–Crippen LogP) is 4.98. The zero-order chi connectivity index (χ0) is 16.4. The van der Waals surface area contributed by atoms with E-state index in [1.54, 1.807) is 6.26 Å². The molecule has 6 heteroatoms. The van der Waals surface area contributed by atoms with Crippen molar-refractivity contribution in [1.29, 1.82) is 0 Å². The monoisotopic (exact) mass is 334 g/mol. The topological polar surface area (TPSA) is 30.4 Å². The van der Waals surface area contributed by atoms with Crippen LogP contribution in [-0.4, -0.2) is 4.57 Å². The van der Waals surface area contributed by atoms with Crippen molar-refractivity contribution in [3.05, 3.63) is 58.4 Å². The molecule has 2 aromatic heterocycles. The molecule has 1 aromatic carbocycles. The van der Waals surface area contributed by atoms with Crippen LogP contribution in [0, 0.1) is 17.6 Å². The molecule has 23 heavy (non-hydrogen) atoms. The van der Waals surface area contributed by atoms with Crippen LogP contribution in [0.1, 0.15) is 13.8 Å². The minimum atomic E-state index is -0.672. The molecule has 0 atom stereocenters. The van der Waals surface area contributed by atoms with Crippen LogP contribution in [0.2, 0.25) is 0 Å². The number of hydrogen-bond donors (Lipinski definition) is 0. The van der Waals surface area contributed by atoms with E-state index in [-0.39, 0.29) is 5.69 Å². The van der Waals surface area contributed by atoms with E-state index in [1.165, 1.54) is 23.5 Å². The van der Waals surface area contributed by atoms with Gasteiger partial charge in [-0.15, -0.1) is 11.3 Å². The summed E-state index contributed by atoms with van der Waals surface area (Å²) in [4.78, 5) is 5.01. The molecule has 3 nitrogen and oxygen atoms in total. The van der Waals surface area contributed by atoms with E-state index >= 15 is 0 Å². The van der Waals surface area contributed by atoms with Gasteiger partial charge in [0.05, 0.1) is 12.0 Å². The van der Waals surface area contributed by atoms with Crippen molar-refractivity contribution in [2.75, 3.05) is 0 Å². The first kappa shape index (κ1) is 15.7. The molecule has 0 fully saturated rings. The van der Waals surface area contributed by atoms with Crippen molar-refractivity contribution in [2.24, 2.45) is 10.9 Å². The van der Waals surface area contributed by atoms with Gasteiger partial charge in [0.15, 0.2) is 16.4 Å². The summed E-state index contributed by atoms with van der Waals surface area (Å²) in [6.07, 6.45) is 1.61. The van der Waals surface area contributed by atoms with Gasteiger partial charge in [-0.25, -0.2) is 13.8 Å². The molecule has 0 saturated heterocycles. The molecule has 0 aliphatic heterocycles. The zero-order valence-corrected chi connectivity index (χ0v) is 13.6. The molecule has 0 amide bonds. The quantitative estimate of drug-likeness (QED) is 0.662. The highest BCUT2D eigenvalue weighted by molar-refractivity contribution is 7.07. The summed E-state index contributed by atoms with van der Waals surface area (Å²) in [5.41, 5.74) is 1.02. The summed E-state index contributed by atoms with van der Waals surface area (Å²) in [5, 5.41) is 1.93. The normalized spacial score (nSPS) is 12.3. The van der Waals surface area contributed by atoms with Gasteiger partial charge >= 0.3 is 0 Å². The third-order valence-electron chi connectivity index (χ3n) is 3.24. The lowest BCUT2D eigenvalue weighted by atomic mass is 10.2. The zero-order valence-electron chi connectivity index (χ0n) is 12.8. The number of nitrogens with zero attached hydrogens (tertiary/aromatic N) is 2. The van der Waals surface area contributed by atoms with E-state index < -0.39 is 11.6 Å². The molecule has 0 bridgehead atoms. The lowest BCUT2D eigenvalue weighted by Crippen LogP contribution is -2.18. The van der Waals surface area contributed by atoms with E-state index in [0.717, 1.165) is 24.1 Å². The maximum atomic E-state index is 13.9. The van der Waals surface area contributed by atoms with Crippen LogP contribution in [-0.2, 0) is 6.54 Å². The van der Waals surface area contributed by atoms with Crippen LogP contribution >= 0.6 is 11.3 Å². The molecular formula is C17H16F2N2OS. The molecule has 3 aromatic rings. The Morgan fingerprint density at radius 3 is 2.74 bits per heavy atom. The summed E-state index contributed by atoms with van der Waals surface area (Å²) in [7, 11) is 0. The highest BCUT2D eigenvalue weighted by atomic mass is 32.1. The van der Waals surface area contributed by atoms with Gasteiger partial charge in [-0.1, -0.05) is 13.8 Å². The minimum Gasteiger partial charge on any atom is -0.463 e. The van der Waals surface area contributed by atoms with Crippen molar-refractivity contribution >= 4 is 17.0 Å². The Bertz CT molecular complexity index is 863. The second kappa shape index (κ2) is 6.50. The fraction of sp³-hybridized carbons (Fsp3) is 0.235. The summed E-state index contributed by atoms with van der Waals surface area (Å²) in [6.45, 7) is 4.92. The van der Waals surface area contributed by atoms with Gasteiger partial charge in [0.25, 0.3) is 0 Å². The number of aromatic nitrogens is 1. The average Bonchev–Trinajstić information content (AvgIpc) is 3.12. The third-order valence-corrected chi connectivity index (χ3v) is 4.11. The number of hydrogen-bond acceptors (Lipinski definition) is 3. The van der Waals surface area contributed by atoms with Gasteiger partial charge in [0.2, 0.25) is 0 Å². The molecule has 2 heterocycles. The number of rotatable bonds is 4. The van der Waals surface area contributed by atoms with Crippen molar-refractivity contribution < 1.29 is 13.2 Å². The minimum absolute atomic E-state index is 0.122. The summed E-state index contributed by atoms with van der Waals surface area (Å²) < 4.78 is 34.3. The first-order valence-corrected chi connectivity index (χ1v) is 8.14. The van der Waals surface area contributed by atoms with Crippen LogP contribution in [0.15, 0.2) is 51.4 Å². The Hall–Kier alpha value is -2.21. The van der Waals surface area contributed by atoms with Crippen LogP contribution in [0.25, 0.3) is 11.5 Å². The SMILES string of the molecule is CC(C)Cn1c(-c2ccco2)csc1=Nc1ccc(F)cc1F. The van der Waals surface area contributed by atoms with Gasteiger partial charge in [0.1, 0.15) is 11.5 Å². The van der Waals surface area contributed by atoms with E-state index in [2.05, 4.69) is 18.8 Å². The van der Waals surface area contributed by atoms with Crippen molar-refractivity contribution in [2.45, 2.75) is 20.4 Å². The molecule has 3 rings (SSSR count). The summed E-state index contributed by atoms with van der Waals surface area (Å²) in [5.74, 6) is -0.161. The lowest BCUT2D eigenvalue weighted by Gasteiger charge is -2.10. The van der Waals surface area contributed by atoms with E-state index in [9.17, 15) is 8.78 Å². The summed E-state index contributed by atoms with van der Waals surface area (Å²) >= 11 is 1.40. The Morgan fingerprint density at radius 1 is 1.26 bits per heavy atom. The second-order valence-electron chi connectivity index (χ2n) is 5.59. The number of benzene rings is 1. The van der Waals surface area contributed by atoms with Crippen molar-refractivity contribution in [3.63, 3.8) is 0 Å². The molecule has 0 aliphatic rings. The average molecular weight is 334 g/mol. The largest absolute Gasteiger partial charge is 0.463 e. The number of thiazole rings is 1. The molecule has 0 saturated carbocycles. The maximum Gasteiger partial charge on any atom is 0.190 e. The Balaban J connectivity index is 2.13. The first-order chi connectivity index (χ1) is 11.0. The van der Waals surface area contributed by atoms with Crippen LogP contribution in [0.5, 0.6) is 0 Å². The number of furan rings is 1. The molecule has 0 spiro atoms. The highest BCUT2D eigenvalue weighted by Gasteiger charge is 2.12. The molecule has 0 unspecified atom stereocenters. The van der Waals surface area contributed by atoms with E-state index in [4.69, 9.17) is 4.42 Å². The number of halogens is 2. The van der Waals surface area contributed by atoms with Crippen LogP contribution in [0.4, 0.5) is 14.5 Å². The van der Waals surface area contributed by atoms with Gasteiger partial charge in [0, 0.05) is 18.0 Å². The second-order valence-corrected chi connectivity index (χ2v) is 6.43. The Labute approximate surface area is 136 Å². The van der Waals surface area contributed by atoms with E-state index in [1.807, 2.05) is 22.1 Å². The first-order valence-electron chi connectivity index (χ1n) is 7.26. The van der Waals surface area contributed by atoms with Gasteiger partial charge in [-0.05, 0) is 30.2 Å². The fourth-order valence-electron chi connectivity index (χ4n) is 2.26. The molecule has 0 N–H and O–H groups in total.